The van der Waals surface area contributed by atoms with Crippen LogP contribution in [0.25, 0.3) is 0 Å². The molecule has 7 heteroatoms. The van der Waals surface area contributed by atoms with Gasteiger partial charge in [-0.15, -0.1) is 24.0 Å². The lowest BCUT2D eigenvalue weighted by molar-refractivity contribution is -0.0212. The lowest BCUT2D eigenvalue weighted by Gasteiger charge is -2.31. The van der Waals surface area contributed by atoms with Crippen LogP contribution in [0.4, 0.5) is 0 Å². The minimum absolute atomic E-state index is 0. The topological polar surface area (TPSA) is 58.1 Å². The average molecular weight is 533 g/mol. The Bertz CT molecular complexity index is 627. The molecule has 0 saturated carbocycles. The van der Waals surface area contributed by atoms with E-state index in [1.54, 1.807) is 0 Å². The maximum Gasteiger partial charge on any atom is 0.191 e. The van der Waals surface area contributed by atoms with Crippen LogP contribution in [0.1, 0.15) is 45.2 Å². The Hall–Kier alpha value is -0.900. The van der Waals surface area contributed by atoms with E-state index in [4.69, 9.17) is 9.47 Å². The van der Waals surface area contributed by atoms with Crippen molar-refractivity contribution >= 4 is 29.9 Å². The number of nitrogens with zero attached hydrogens (tertiary/aromatic N) is 2. The monoisotopic (exact) mass is 532 g/mol. The first-order valence-corrected chi connectivity index (χ1v) is 11.0. The van der Waals surface area contributed by atoms with Crippen molar-refractivity contribution in [3.05, 3.63) is 35.4 Å². The van der Waals surface area contributed by atoms with Crippen LogP contribution in [0, 0.1) is 5.92 Å². The molecule has 1 heterocycles. The summed E-state index contributed by atoms with van der Waals surface area (Å²) in [6.45, 7) is 14.8. The number of nitrogens with one attached hydrogen (secondary N) is 2. The van der Waals surface area contributed by atoms with E-state index in [1.165, 1.54) is 11.1 Å². The Morgan fingerprint density at radius 3 is 2.73 bits per heavy atom. The van der Waals surface area contributed by atoms with Crippen molar-refractivity contribution in [2.45, 2.75) is 59.4 Å². The number of guanidine groups is 1. The molecule has 0 spiro atoms. The molecule has 1 aromatic carbocycles. The quantitative estimate of drug-likeness (QED) is 0.274. The van der Waals surface area contributed by atoms with Gasteiger partial charge in [0, 0.05) is 46.4 Å². The normalized spacial score (nSPS) is 18.7. The molecule has 2 atom stereocenters. The molecule has 0 bridgehead atoms. The summed E-state index contributed by atoms with van der Waals surface area (Å²) < 4.78 is 11.5. The summed E-state index contributed by atoms with van der Waals surface area (Å²) >= 11 is 0. The zero-order valence-electron chi connectivity index (χ0n) is 19.3. The number of benzene rings is 1. The van der Waals surface area contributed by atoms with Crippen molar-refractivity contribution in [3.8, 4) is 0 Å². The van der Waals surface area contributed by atoms with Crippen LogP contribution < -0.4 is 10.6 Å². The van der Waals surface area contributed by atoms with Gasteiger partial charge in [-0.25, -0.2) is 0 Å². The second-order valence-corrected chi connectivity index (χ2v) is 8.12. The molecule has 172 valence electrons. The fraction of sp³-hybridized carbons (Fsp3) is 0.696. The Balaban J connectivity index is 0.00000450. The van der Waals surface area contributed by atoms with Crippen molar-refractivity contribution in [2.24, 2.45) is 10.9 Å². The third-order valence-electron chi connectivity index (χ3n) is 5.25. The van der Waals surface area contributed by atoms with Crippen LogP contribution in [0.15, 0.2) is 29.3 Å². The van der Waals surface area contributed by atoms with Gasteiger partial charge < -0.3 is 20.1 Å². The third-order valence-corrected chi connectivity index (χ3v) is 5.25. The first kappa shape index (κ1) is 27.1. The number of halogens is 1. The molecule has 1 fully saturated rings. The second kappa shape index (κ2) is 15.0. The lowest BCUT2D eigenvalue weighted by Crippen LogP contribution is -2.40. The van der Waals surface area contributed by atoms with Gasteiger partial charge in [-0.2, -0.15) is 0 Å². The van der Waals surface area contributed by atoms with Gasteiger partial charge in [0.15, 0.2) is 5.96 Å². The van der Waals surface area contributed by atoms with Gasteiger partial charge in [-0.1, -0.05) is 38.1 Å². The molecule has 1 aliphatic heterocycles. The first-order chi connectivity index (χ1) is 14.0. The maximum absolute atomic E-state index is 5.82. The number of aliphatic imine (C=N–C) groups is 1. The molecule has 2 rings (SSSR count). The summed E-state index contributed by atoms with van der Waals surface area (Å²) in [5.74, 6) is 1.35. The van der Waals surface area contributed by atoms with E-state index in [0.29, 0.717) is 12.0 Å². The summed E-state index contributed by atoms with van der Waals surface area (Å²) in [4.78, 5) is 6.81. The highest BCUT2D eigenvalue weighted by Crippen LogP contribution is 2.12. The van der Waals surface area contributed by atoms with Crippen molar-refractivity contribution < 1.29 is 9.47 Å². The molecule has 1 aromatic rings. The SMILES string of the molecule is CCOC(CCNC(=NC)NCc1cccc(CN2CCOC(C)C2)c1)C(C)C.I. The fourth-order valence-corrected chi connectivity index (χ4v) is 3.69. The van der Waals surface area contributed by atoms with Crippen molar-refractivity contribution in [3.63, 3.8) is 0 Å². The van der Waals surface area contributed by atoms with E-state index in [0.717, 1.165) is 58.3 Å². The van der Waals surface area contributed by atoms with Gasteiger partial charge in [-0.3, -0.25) is 9.89 Å². The van der Waals surface area contributed by atoms with Gasteiger partial charge in [0.25, 0.3) is 0 Å². The van der Waals surface area contributed by atoms with Gasteiger partial charge in [0.05, 0.1) is 18.8 Å². The molecule has 1 saturated heterocycles. The number of hydrogen-bond donors (Lipinski definition) is 2. The van der Waals surface area contributed by atoms with E-state index in [1.807, 2.05) is 7.05 Å². The summed E-state index contributed by atoms with van der Waals surface area (Å²) in [5, 5.41) is 6.83. The van der Waals surface area contributed by atoms with Crippen LogP contribution in [-0.2, 0) is 22.6 Å². The van der Waals surface area contributed by atoms with Crippen molar-refractivity contribution in [1.29, 1.82) is 0 Å². The summed E-state index contributed by atoms with van der Waals surface area (Å²) in [6, 6.07) is 8.79. The molecule has 0 amide bonds. The van der Waals surface area contributed by atoms with E-state index in [-0.39, 0.29) is 30.1 Å². The molecule has 1 aliphatic rings. The Kier molecular flexibility index (Phi) is 13.6. The summed E-state index contributed by atoms with van der Waals surface area (Å²) in [7, 11) is 1.81. The van der Waals surface area contributed by atoms with Crippen molar-refractivity contribution in [2.75, 3.05) is 39.9 Å². The molecule has 0 aliphatic carbocycles. The molecular weight excluding hydrogens is 491 g/mol. The standard InChI is InChI=1S/C23H40N4O2.HI/c1-6-28-22(18(2)3)10-11-25-23(24-5)26-15-20-8-7-9-21(14-20)17-27-12-13-29-19(4)16-27;/h7-9,14,18-19,22H,6,10-13,15-17H2,1-5H3,(H2,24,25,26);1H. The number of hydrogen-bond acceptors (Lipinski definition) is 4. The van der Waals surface area contributed by atoms with Gasteiger partial charge >= 0.3 is 0 Å². The predicted molar refractivity (Wildman–Crippen MR) is 136 cm³/mol. The summed E-state index contributed by atoms with van der Waals surface area (Å²) in [5.41, 5.74) is 2.61. The molecule has 0 radical (unpaired) electrons. The van der Waals surface area contributed by atoms with Crippen LogP contribution in [-0.4, -0.2) is 63.0 Å². The van der Waals surface area contributed by atoms with E-state index in [2.05, 4.69) is 72.5 Å². The largest absolute Gasteiger partial charge is 0.378 e. The highest BCUT2D eigenvalue weighted by Gasteiger charge is 2.16. The van der Waals surface area contributed by atoms with E-state index in [9.17, 15) is 0 Å². The Labute approximate surface area is 200 Å². The average Bonchev–Trinajstić information content (AvgIpc) is 2.70. The van der Waals surface area contributed by atoms with Gasteiger partial charge in [-0.05, 0) is 37.3 Å². The Morgan fingerprint density at radius 1 is 1.30 bits per heavy atom. The molecular formula is C23H41IN4O2. The van der Waals surface area contributed by atoms with Crippen LogP contribution in [0.2, 0.25) is 0 Å². The van der Waals surface area contributed by atoms with Crippen LogP contribution in [0.5, 0.6) is 0 Å². The minimum atomic E-state index is 0. The number of rotatable bonds is 10. The Morgan fingerprint density at radius 2 is 2.07 bits per heavy atom. The number of morpholine rings is 1. The fourth-order valence-electron chi connectivity index (χ4n) is 3.69. The van der Waals surface area contributed by atoms with Crippen molar-refractivity contribution in [1.82, 2.24) is 15.5 Å². The zero-order chi connectivity index (χ0) is 21.1. The zero-order valence-corrected chi connectivity index (χ0v) is 21.6. The van der Waals surface area contributed by atoms with Crippen LogP contribution >= 0.6 is 24.0 Å². The summed E-state index contributed by atoms with van der Waals surface area (Å²) in [6.07, 6.45) is 1.57. The van der Waals surface area contributed by atoms with E-state index < -0.39 is 0 Å². The molecule has 6 nitrogen and oxygen atoms in total. The molecule has 30 heavy (non-hydrogen) atoms. The molecule has 2 N–H and O–H groups in total. The highest BCUT2D eigenvalue weighted by molar-refractivity contribution is 14.0. The molecule has 2 unspecified atom stereocenters. The number of ether oxygens (including phenoxy) is 2. The predicted octanol–water partition coefficient (Wildman–Crippen LogP) is 3.64. The van der Waals surface area contributed by atoms with Crippen LogP contribution in [0.3, 0.4) is 0 Å². The first-order valence-electron chi connectivity index (χ1n) is 11.0. The lowest BCUT2D eigenvalue weighted by atomic mass is 10.0. The van der Waals surface area contributed by atoms with Gasteiger partial charge in [0.2, 0.25) is 0 Å². The minimum Gasteiger partial charge on any atom is -0.378 e. The smallest absolute Gasteiger partial charge is 0.191 e. The second-order valence-electron chi connectivity index (χ2n) is 8.12. The van der Waals surface area contributed by atoms with Gasteiger partial charge in [0.1, 0.15) is 0 Å². The maximum atomic E-state index is 5.82. The van der Waals surface area contributed by atoms with E-state index >= 15 is 0 Å². The molecule has 0 aromatic heterocycles. The third kappa shape index (κ3) is 9.94. The highest BCUT2D eigenvalue weighted by atomic mass is 127.